The minimum atomic E-state index is -0.496. The van der Waals surface area contributed by atoms with Crippen LogP contribution >= 0.6 is 0 Å². The van der Waals surface area contributed by atoms with Crippen LogP contribution in [0, 0.1) is 0 Å². The zero-order valence-corrected chi connectivity index (χ0v) is 15.1. The van der Waals surface area contributed by atoms with E-state index in [9.17, 15) is 9.59 Å². The lowest BCUT2D eigenvalue weighted by atomic mass is 10.0. The van der Waals surface area contributed by atoms with Crippen LogP contribution in [0.2, 0.25) is 0 Å². The van der Waals surface area contributed by atoms with Gasteiger partial charge in [-0.15, -0.1) is 0 Å². The van der Waals surface area contributed by atoms with Crippen molar-refractivity contribution >= 4 is 22.4 Å². The molecular formula is C22H17N3O3. The molecule has 0 bridgehead atoms. The van der Waals surface area contributed by atoms with Gasteiger partial charge in [-0.3, -0.25) is 14.6 Å². The van der Waals surface area contributed by atoms with Crippen molar-refractivity contribution in [2.45, 2.75) is 0 Å². The number of hydrogen-bond donors (Lipinski definition) is 2. The minimum Gasteiger partial charge on any atom is -0.497 e. The average molecular weight is 371 g/mol. The summed E-state index contributed by atoms with van der Waals surface area (Å²) in [5.74, 6) is 0.117. The number of carbonyl (C=O) groups is 1. The smallest absolute Gasteiger partial charge is 0.261 e. The molecule has 0 atom stereocenters. The number of hydrogen-bond acceptors (Lipinski definition) is 4. The molecule has 0 saturated heterocycles. The molecule has 138 valence electrons. The predicted molar refractivity (Wildman–Crippen MR) is 109 cm³/mol. The van der Waals surface area contributed by atoms with Gasteiger partial charge in [0.15, 0.2) is 0 Å². The average Bonchev–Trinajstić information content (AvgIpc) is 2.74. The number of anilines is 1. The van der Waals surface area contributed by atoms with Gasteiger partial charge in [0.25, 0.3) is 11.5 Å². The van der Waals surface area contributed by atoms with Gasteiger partial charge in [0, 0.05) is 46.9 Å². The molecular weight excluding hydrogens is 354 g/mol. The summed E-state index contributed by atoms with van der Waals surface area (Å²) in [4.78, 5) is 31.9. The van der Waals surface area contributed by atoms with Crippen molar-refractivity contribution in [2.75, 3.05) is 12.4 Å². The van der Waals surface area contributed by atoms with Crippen LogP contribution < -0.4 is 15.6 Å². The number of ether oxygens (including phenoxy) is 1. The van der Waals surface area contributed by atoms with Gasteiger partial charge in [-0.2, -0.15) is 0 Å². The quantitative estimate of drug-likeness (QED) is 0.571. The predicted octanol–water partition coefficient (Wildman–Crippen LogP) is 3.85. The fraction of sp³-hybridized carbons (Fsp3) is 0.0455. The Bertz CT molecular complexity index is 1230. The molecule has 0 aliphatic rings. The Morgan fingerprint density at radius 1 is 1.07 bits per heavy atom. The van der Waals surface area contributed by atoms with Gasteiger partial charge < -0.3 is 15.0 Å². The third-order valence-electron chi connectivity index (χ3n) is 4.45. The van der Waals surface area contributed by atoms with Gasteiger partial charge in [-0.25, -0.2) is 0 Å². The molecule has 2 aromatic heterocycles. The van der Waals surface area contributed by atoms with Crippen LogP contribution in [-0.2, 0) is 0 Å². The zero-order valence-electron chi connectivity index (χ0n) is 15.1. The lowest BCUT2D eigenvalue weighted by Gasteiger charge is -2.09. The molecule has 2 aromatic carbocycles. The number of methoxy groups -OCH3 is 1. The molecule has 4 aromatic rings. The van der Waals surface area contributed by atoms with E-state index >= 15 is 0 Å². The maximum Gasteiger partial charge on any atom is 0.261 e. The highest BCUT2D eigenvalue weighted by Crippen LogP contribution is 2.27. The Labute approximate surface area is 160 Å². The standard InChI is InChI=1S/C22H17N3O3/c1-28-17-7-4-6-16(10-17)25-22(27)19-9-15(12-24-21(19)26)20-13-23-11-14-5-2-3-8-18(14)20/h2-13H,1H3,(H,24,26)(H,25,27). The van der Waals surface area contributed by atoms with Crippen LogP contribution in [0.3, 0.4) is 0 Å². The molecule has 0 aliphatic heterocycles. The number of nitrogens with zero attached hydrogens (tertiary/aromatic N) is 1. The Hall–Kier alpha value is -3.93. The van der Waals surface area contributed by atoms with Crippen molar-refractivity contribution < 1.29 is 9.53 Å². The highest BCUT2D eigenvalue weighted by Gasteiger charge is 2.14. The van der Waals surface area contributed by atoms with E-state index in [0.29, 0.717) is 17.0 Å². The molecule has 4 rings (SSSR count). The first kappa shape index (κ1) is 17.5. The van der Waals surface area contributed by atoms with E-state index in [1.807, 2.05) is 24.3 Å². The number of benzene rings is 2. The number of rotatable bonds is 4. The van der Waals surface area contributed by atoms with Gasteiger partial charge in [-0.1, -0.05) is 30.3 Å². The summed E-state index contributed by atoms with van der Waals surface area (Å²) in [7, 11) is 1.55. The number of amides is 1. The van der Waals surface area contributed by atoms with E-state index < -0.39 is 11.5 Å². The number of nitrogens with one attached hydrogen (secondary N) is 2. The largest absolute Gasteiger partial charge is 0.497 e. The van der Waals surface area contributed by atoms with Crippen molar-refractivity contribution in [1.82, 2.24) is 9.97 Å². The molecule has 1 amide bonds. The van der Waals surface area contributed by atoms with Crippen LogP contribution in [0.25, 0.3) is 21.9 Å². The van der Waals surface area contributed by atoms with Crippen LogP contribution in [0.4, 0.5) is 5.69 Å². The number of fused-ring (bicyclic) bond motifs is 1. The van der Waals surface area contributed by atoms with Crippen LogP contribution in [0.15, 0.2) is 78.0 Å². The molecule has 0 unspecified atom stereocenters. The van der Waals surface area contributed by atoms with Crippen molar-refractivity contribution in [3.05, 3.63) is 89.1 Å². The van der Waals surface area contributed by atoms with E-state index in [1.165, 1.54) is 0 Å². The molecule has 0 fully saturated rings. The topological polar surface area (TPSA) is 84.1 Å². The number of aromatic nitrogens is 2. The lowest BCUT2D eigenvalue weighted by Crippen LogP contribution is -2.23. The second kappa shape index (κ2) is 7.36. The van der Waals surface area contributed by atoms with E-state index in [-0.39, 0.29) is 5.56 Å². The molecule has 0 spiro atoms. The minimum absolute atomic E-state index is 0.0215. The van der Waals surface area contributed by atoms with Gasteiger partial charge in [0.05, 0.1) is 7.11 Å². The van der Waals surface area contributed by atoms with E-state index in [0.717, 1.165) is 16.3 Å². The van der Waals surface area contributed by atoms with Crippen molar-refractivity contribution in [2.24, 2.45) is 0 Å². The summed E-state index contributed by atoms with van der Waals surface area (Å²) in [5, 5.41) is 4.70. The van der Waals surface area contributed by atoms with Crippen molar-refractivity contribution in [3.63, 3.8) is 0 Å². The molecule has 28 heavy (non-hydrogen) atoms. The highest BCUT2D eigenvalue weighted by atomic mass is 16.5. The first-order valence-electron chi connectivity index (χ1n) is 8.67. The first-order chi connectivity index (χ1) is 13.7. The Kier molecular flexibility index (Phi) is 4.60. The van der Waals surface area contributed by atoms with Crippen LogP contribution in [-0.4, -0.2) is 23.0 Å². The fourth-order valence-electron chi connectivity index (χ4n) is 3.05. The number of carbonyl (C=O) groups excluding carboxylic acids is 1. The molecule has 2 N–H and O–H groups in total. The molecule has 2 heterocycles. The molecule has 6 heteroatoms. The molecule has 0 saturated carbocycles. The monoisotopic (exact) mass is 371 g/mol. The maximum atomic E-state index is 12.7. The third kappa shape index (κ3) is 3.35. The molecule has 0 aliphatic carbocycles. The third-order valence-corrected chi connectivity index (χ3v) is 4.45. The summed E-state index contributed by atoms with van der Waals surface area (Å²) in [6.45, 7) is 0. The summed E-state index contributed by atoms with van der Waals surface area (Å²) >= 11 is 0. The van der Waals surface area contributed by atoms with Crippen LogP contribution in [0.5, 0.6) is 5.75 Å². The zero-order chi connectivity index (χ0) is 19.5. The SMILES string of the molecule is COc1cccc(NC(=O)c2cc(-c3cncc4ccccc34)c[nH]c2=O)c1. The highest BCUT2D eigenvalue weighted by molar-refractivity contribution is 6.05. The Morgan fingerprint density at radius 2 is 1.93 bits per heavy atom. The van der Waals surface area contributed by atoms with E-state index in [2.05, 4.69) is 15.3 Å². The van der Waals surface area contributed by atoms with E-state index in [1.54, 1.807) is 56.0 Å². The van der Waals surface area contributed by atoms with E-state index in [4.69, 9.17) is 4.74 Å². The molecule has 6 nitrogen and oxygen atoms in total. The molecule has 0 radical (unpaired) electrons. The van der Waals surface area contributed by atoms with Crippen molar-refractivity contribution in [3.8, 4) is 16.9 Å². The number of aromatic amines is 1. The van der Waals surface area contributed by atoms with Gasteiger partial charge in [-0.05, 0) is 23.6 Å². The van der Waals surface area contributed by atoms with Gasteiger partial charge in [0.2, 0.25) is 0 Å². The lowest BCUT2D eigenvalue weighted by molar-refractivity contribution is 0.102. The second-order valence-corrected chi connectivity index (χ2v) is 6.23. The van der Waals surface area contributed by atoms with Crippen LogP contribution in [0.1, 0.15) is 10.4 Å². The number of H-pyrrole nitrogens is 1. The fourth-order valence-corrected chi connectivity index (χ4v) is 3.05. The number of pyridine rings is 2. The first-order valence-corrected chi connectivity index (χ1v) is 8.67. The Morgan fingerprint density at radius 3 is 2.79 bits per heavy atom. The van der Waals surface area contributed by atoms with Gasteiger partial charge >= 0.3 is 0 Å². The summed E-state index contributed by atoms with van der Waals surface area (Å²) in [6.07, 6.45) is 5.09. The second-order valence-electron chi connectivity index (χ2n) is 6.23. The summed E-state index contributed by atoms with van der Waals surface area (Å²) in [5.41, 5.74) is 1.65. The van der Waals surface area contributed by atoms with Crippen molar-refractivity contribution in [1.29, 1.82) is 0 Å². The summed E-state index contributed by atoms with van der Waals surface area (Å²) in [6, 6.07) is 16.4. The normalized spacial score (nSPS) is 10.6. The maximum absolute atomic E-state index is 12.7. The van der Waals surface area contributed by atoms with Gasteiger partial charge in [0.1, 0.15) is 11.3 Å². The Balaban J connectivity index is 1.73. The summed E-state index contributed by atoms with van der Waals surface area (Å²) < 4.78 is 5.16.